The van der Waals surface area contributed by atoms with Gasteiger partial charge in [0.2, 0.25) is 0 Å². The maximum absolute atomic E-state index is 11.2. The van der Waals surface area contributed by atoms with Gasteiger partial charge in [-0.3, -0.25) is 9.63 Å². The molecule has 0 heterocycles. The topological polar surface area (TPSA) is 47.6 Å². The van der Waals surface area contributed by atoms with Crippen LogP contribution in [0.4, 0.5) is 0 Å². The number of hydrogen-bond donors (Lipinski definition) is 1. The van der Waals surface area contributed by atoms with Crippen molar-refractivity contribution >= 4 is 5.91 Å². The van der Waals surface area contributed by atoms with E-state index in [0.717, 1.165) is 5.56 Å². The van der Waals surface area contributed by atoms with Crippen molar-refractivity contribution in [2.24, 2.45) is 0 Å². The lowest BCUT2D eigenvalue weighted by Gasteiger charge is -2.08. The lowest BCUT2D eigenvalue weighted by atomic mass is 10.2. The first kappa shape index (κ1) is 12.7. The van der Waals surface area contributed by atoms with Crippen LogP contribution < -0.4 is 5.48 Å². The zero-order valence-electron chi connectivity index (χ0n) is 9.60. The van der Waals surface area contributed by atoms with Crippen LogP contribution in [0.15, 0.2) is 30.3 Å². The third kappa shape index (κ3) is 5.48. The van der Waals surface area contributed by atoms with Crippen LogP contribution in [0.1, 0.15) is 19.4 Å². The lowest BCUT2D eigenvalue weighted by molar-refractivity contribution is -0.142. The number of rotatable bonds is 6. The molecule has 0 bridgehead atoms. The normalized spacial score (nSPS) is 10.4. The summed E-state index contributed by atoms with van der Waals surface area (Å²) >= 11 is 0. The molecule has 1 amide bonds. The number of hydrogen-bond acceptors (Lipinski definition) is 3. The first-order valence-corrected chi connectivity index (χ1v) is 5.24. The zero-order valence-corrected chi connectivity index (χ0v) is 9.60. The molecule has 0 radical (unpaired) electrons. The molecule has 0 aliphatic rings. The molecule has 0 aliphatic heterocycles. The number of nitrogens with one attached hydrogen (secondary N) is 1. The zero-order chi connectivity index (χ0) is 11.8. The standard InChI is InChI=1S/C12H17NO3/c1-10(2)16-13-12(14)9-15-8-11-6-4-3-5-7-11/h3-7,10H,8-9H2,1-2H3,(H,13,14). The quantitative estimate of drug-likeness (QED) is 0.746. The van der Waals surface area contributed by atoms with Gasteiger partial charge < -0.3 is 4.74 Å². The molecule has 4 heteroatoms. The van der Waals surface area contributed by atoms with Crippen LogP contribution in [0.25, 0.3) is 0 Å². The monoisotopic (exact) mass is 223 g/mol. The highest BCUT2D eigenvalue weighted by atomic mass is 16.7. The molecule has 0 fully saturated rings. The minimum Gasteiger partial charge on any atom is -0.367 e. The molecule has 0 spiro atoms. The van der Waals surface area contributed by atoms with Crippen LogP contribution in [0.3, 0.4) is 0 Å². The maximum atomic E-state index is 11.2. The van der Waals surface area contributed by atoms with E-state index in [0.29, 0.717) is 6.61 Å². The Hall–Kier alpha value is -1.39. The van der Waals surface area contributed by atoms with E-state index in [9.17, 15) is 4.79 Å². The molecule has 1 rings (SSSR count). The Labute approximate surface area is 95.5 Å². The van der Waals surface area contributed by atoms with Crippen LogP contribution >= 0.6 is 0 Å². The van der Waals surface area contributed by atoms with Crippen molar-refractivity contribution in [2.45, 2.75) is 26.6 Å². The molecule has 4 nitrogen and oxygen atoms in total. The maximum Gasteiger partial charge on any atom is 0.269 e. The first-order valence-electron chi connectivity index (χ1n) is 5.24. The van der Waals surface area contributed by atoms with Crippen molar-refractivity contribution in [1.29, 1.82) is 0 Å². The fraction of sp³-hybridized carbons (Fsp3) is 0.417. The summed E-state index contributed by atoms with van der Waals surface area (Å²) in [5.41, 5.74) is 3.35. The summed E-state index contributed by atoms with van der Waals surface area (Å²) in [6, 6.07) is 9.69. The van der Waals surface area contributed by atoms with Crippen molar-refractivity contribution in [3.8, 4) is 0 Å². The van der Waals surface area contributed by atoms with Crippen molar-refractivity contribution < 1.29 is 14.4 Å². The van der Waals surface area contributed by atoms with Gasteiger partial charge in [0.05, 0.1) is 12.7 Å². The van der Waals surface area contributed by atoms with Crippen LogP contribution in [-0.4, -0.2) is 18.6 Å². The number of amides is 1. The highest BCUT2D eigenvalue weighted by Crippen LogP contribution is 1.99. The summed E-state index contributed by atoms with van der Waals surface area (Å²) in [6.45, 7) is 4.10. The van der Waals surface area contributed by atoms with Crippen molar-refractivity contribution in [2.75, 3.05) is 6.61 Å². The Morgan fingerprint density at radius 2 is 2.00 bits per heavy atom. The molecule has 0 saturated heterocycles. The van der Waals surface area contributed by atoms with E-state index in [2.05, 4.69) is 5.48 Å². The Morgan fingerprint density at radius 3 is 2.62 bits per heavy atom. The van der Waals surface area contributed by atoms with E-state index in [1.807, 2.05) is 44.2 Å². The van der Waals surface area contributed by atoms with Gasteiger partial charge in [0.15, 0.2) is 0 Å². The second kappa shape index (κ2) is 6.98. The SMILES string of the molecule is CC(C)ONC(=O)COCc1ccccc1. The second-order valence-corrected chi connectivity index (χ2v) is 3.67. The smallest absolute Gasteiger partial charge is 0.269 e. The van der Waals surface area contributed by atoms with Gasteiger partial charge in [-0.2, -0.15) is 0 Å². The molecule has 0 unspecified atom stereocenters. The molecular weight excluding hydrogens is 206 g/mol. The molecule has 0 aliphatic carbocycles. The molecule has 1 N–H and O–H groups in total. The Kier molecular flexibility index (Phi) is 5.53. The molecule has 88 valence electrons. The summed E-state index contributed by atoms with van der Waals surface area (Å²) < 4.78 is 5.22. The molecule has 0 saturated carbocycles. The van der Waals surface area contributed by atoms with Crippen molar-refractivity contribution in [3.05, 3.63) is 35.9 Å². The van der Waals surface area contributed by atoms with Crippen LogP contribution in [-0.2, 0) is 21.0 Å². The van der Waals surface area contributed by atoms with Crippen molar-refractivity contribution in [1.82, 2.24) is 5.48 Å². The number of benzene rings is 1. The number of ether oxygens (including phenoxy) is 1. The van der Waals surface area contributed by atoms with E-state index in [-0.39, 0.29) is 18.6 Å². The third-order valence-electron chi connectivity index (χ3n) is 1.75. The summed E-state index contributed by atoms with van der Waals surface area (Å²) in [5, 5.41) is 0. The minimum absolute atomic E-state index is 0.00160. The van der Waals surface area contributed by atoms with Crippen LogP contribution in [0.2, 0.25) is 0 Å². The average Bonchev–Trinajstić information content (AvgIpc) is 2.28. The van der Waals surface area contributed by atoms with Gasteiger partial charge in [-0.05, 0) is 19.4 Å². The Bertz CT molecular complexity index is 311. The third-order valence-corrected chi connectivity index (χ3v) is 1.75. The van der Waals surface area contributed by atoms with Gasteiger partial charge in [-0.25, -0.2) is 5.48 Å². The van der Waals surface area contributed by atoms with E-state index in [4.69, 9.17) is 9.57 Å². The molecule has 0 aromatic heterocycles. The summed E-state index contributed by atoms with van der Waals surface area (Å²) in [6.07, 6.45) is -0.0296. The number of hydroxylamine groups is 1. The highest BCUT2D eigenvalue weighted by Gasteiger charge is 2.02. The summed E-state index contributed by atoms with van der Waals surface area (Å²) in [4.78, 5) is 16.1. The van der Waals surface area contributed by atoms with Crippen LogP contribution in [0.5, 0.6) is 0 Å². The predicted octanol–water partition coefficient (Wildman–Crippen LogP) is 1.66. The van der Waals surface area contributed by atoms with Gasteiger partial charge in [-0.15, -0.1) is 0 Å². The summed E-state index contributed by atoms with van der Waals surface area (Å²) in [7, 11) is 0. The summed E-state index contributed by atoms with van der Waals surface area (Å²) in [5.74, 6) is -0.273. The van der Waals surface area contributed by atoms with E-state index < -0.39 is 0 Å². The van der Waals surface area contributed by atoms with Gasteiger partial charge in [0, 0.05) is 0 Å². The first-order chi connectivity index (χ1) is 7.68. The average molecular weight is 223 g/mol. The fourth-order valence-corrected chi connectivity index (χ4v) is 1.05. The van der Waals surface area contributed by atoms with Gasteiger partial charge in [0.1, 0.15) is 6.61 Å². The fourth-order valence-electron chi connectivity index (χ4n) is 1.05. The van der Waals surface area contributed by atoms with Crippen LogP contribution in [0, 0.1) is 0 Å². The van der Waals surface area contributed by atoms with Gasteiger partial charge >= 0.3 is 0 Å². The van der Waals surface area contributed by atoms with Crippen molar-refractivity contribution in [3.63, 3.8) is 0 Å². The van der Waals surface area contributed by atoms with Gasteiger partial charge in [-0.1, -0.05) is 30.3 Å². The largest absolute Gasteiger partial charge is 0.367 e. The molecule has 16 heavy (non-hydrogen) atoms. The predicted molar refractivity (Wildman–Crippen MR) is 60.5 cm³/mol. The number of carbonyl (C=O) groups excluding carboxylic acids is 1. The Morgan fingerprint density at radius 1 is 1.31 bits per heavy atom. The molecule has 1 aromatic rings. The van der Waals surface area contributed by atoms with E-state index >= 15 is 0 Å². The molecule has 0 atom stereocenters. The second-order valence-electron chi connectivity index (χ2n) is 3.67. The van der Waals surface area contributed by atoms with E-state index in [1.165, 1.54) is 0 Å². The Balaban J connectivity index is 2.13. The molecule has 1 aromatic carbocycles. The molecular formula is C12H17NO3. The number of carbonyl (C=O) groups is 1. The minimum atomic E-state index is -0.273. The van der Waals surface area contributed by atoms with E-state index in [1.54, 1.807) is 0 Å². The lowest BCUT2D eigenvalue weighted by Crippen LogP contribution is -2.30. The van der Waals surface area contributed by atoms with Gasteiger partial charge in [0.25, 0.3) is 5.91 Å². The highest BCUT2D eigenvalue weighted by molar-refractivity contribution is 5.76.